The van der Waals surface area contributed by atoms with Crippen LogP contribution in [0.5, 0.6) is 5.75 Å². The second-order valence-electron chi connectivity index (χ2n) is 4.26. The standard InChI is InChI=1S/C14H21N3O3/c1-4-16-9-11-6-5-7-12(8-11)20-10(2)13(18)17-14(19)15-3/h5-8,10,16H,4,9H2,1-3H3,(H2,15,17,18,19). The summed E-state index contributed by atoms with van der Waals surface area (Å²) in [6, 6.07) is 6.94. The fourth-order valence-corrected chi connectivity index (χ4v) is 1.53. The van der Waals surface area contributed by atoms with Crippen molar-refractivity contribution in [3.05, 3.63) is 29.8 Å². The summed E-state index contributed by atoms with van der Waals surface area (Å²) in [4.78, 5) is 22.7. The predicted molar refractivity (Wildman–Crippen MR) is 76.5 cm³/mol. The largest absolute Gasteiger partial charge is 0.481 e. The van der Waals surface area contributed by atoms with Gasteiger partial charge in [0.15, 0.2) is 6.10 Å². The molecule has 0 bridgehead atoms. The highest BCUT2D eigenvalue weighted by Crippen LogP contribution is 2.15. The fourth-order valence-electron chi connectivity index (χ4n) is 1.53. The Hall–Kier alpha value is -2.08. The number of urea groups is 1. The number of rotatable bonds is 6. The van der Waals surface area contributed by atoms with Gasteiger partial charge in [-0.2, -0.15) is 0 Å². The molecular weight excluding hydrogens is 258 g/mol. The number of imide groups is 1. The maximum absolute atomic E-state index is 11.7. The maximum atomic E-state index is 11.7. The Labute approximate surface area is 118 Å². The van der Waals surface area contributed by atoms with Crippen LogP contribution in [-0.2, 0) is 11.3 Å². The molecule has 0 saturated carbocycles. The summed E-state index contributed by atoms with van der Waals surface area (Å²) in [5.41, 5.74) is 1.07. The molecule has 0 heterocycles. The minimum absolute atomic E-state index is 0.485. The smallest absolute Gasteiger partial charge is 0.321 e. The fraction of sp³-hybridized carbons (Fsp3) is 0.429. The maximum Gasteiger partial charge on any atom is 0.321 e. The highest BCUT2D eigenvalue weighted by molar-refractivity contribution is 5.96. The number of amides is 3. The van der Waals surface area contributed by atoms with Crippen LogP contribution < -0.4 is 20.7 Å². The molecule has 110 valence electrons. The molecule has 1 aromatic carbocycles. The van der Waals surface area contributed by atoms with Crippen LogP contribution in [-0.4, -0.2) is 31.6 Å². The lowest BCUT2D eigenvalue weighted by molar-refractivity contribution is -0.126. The van der Waals surface area contributed by atoms with Crippen LogP contribution in [0.15, 0.2) is 24.3 Å². The average Bonchev–Trinajstić information content (AvgIpc) is 2.45. The number of nitrogens with one attached hydrogen (secondary N) is 3. The highest BCUT2D eigenvalue weighted by Gasteiger charge is 2.16. The van der Waals surface area contributed by atoms with Gasteiger partial charge >= 0.3 is 6.03 Å². The summed E-state index contributed by atoms with van der Waals surface area (Å²) in [6.45, 7) is 5.25. The van der Waals surface area contributed by atoms with Crippen molar-refractivity contribution in [2.45, 2.75) is 26.5 Å². The second-order valence-corrected chi connectivity index (χ2v) is 4.26. The number of ether oxygens (including phenoxy) is 1. The zero-order valence-electron chi connectivity index (χ0n) is 12.0. The van der Waals surface area contributed by atoms with Gasteiger partial charge in [0.05, 0.1) is 0 Å². The van der Waals surface area contributed by atoms with E-state index in [1.807, 2.05) is 25.1 Å². The van der Waals surface area contributed by atoms with Gasteiger partial charge in [0.2, 0.25) is 0 Å². The number of carbonyl (C=O) groups is 2. The zero-order chi connectivity index (χ0) is 15.0. The molecule has 6 heteroatoms. The molecule has 1 unspecified atom stereocenters. The van der Waals surface area contributed by atoms with Crippen LogP contribution in [0, 0.1) is 0 Å². The second kappa shape index (κ2) is 8.16. The average molecular weight is 279 g/mol. The van der Waals surface area contributed by atoms with Crippen LogP contribution in [0.1, 0.15) is 19.4 Å². The molecule has 1 aromatic rings. The summed E-state index contributed by atoms with van der Waals surface area (Å²) in [7, 11) is 1.44. The predicted octanol–water partition coefficient (Wildman–Crippen LogP) is 1.02. The first-order chi connectivity index (χ1) is 9.56. The summed E-state index contributed by atoms with van der Waals surface area (Å²) >= 11 is 0. The van der Waals surface area contributed by atoms with Crippen LogP contribution in [0.4, 0.5) is 4.79 Å². The van der Waals surface area contributed by atoms with Crippen molar-refractivity contribution in [2.75, 3.05) is 13.6 Å². The van der Waals surface area contributed by atoms with Crippen molar-refractivity contribution in [3.8, 4) is 5.75 Å². The van der Waals surface area contributed by atoms with Crippen LogP contribution in [0.3, 0.4) is 0 Å². The van der Waals surface area contributed by atoms with Gasteiger partial charge in [-0.05, 0) is 31.2 Å². The van der Waals surface area contributed by atoms with Crippen LogP contribution >= 0.6 is 0 Å². The van der Waals surface area contributed by atoms with E-state index in [1.54, 1.807) is 13.0 Å². The summed E-state index contributed by atoms with van der Waals surface area (Å²) in [5, 5.41) is 7.70. The van der Waals surface area contributed by atoms with E-state index in [-0.39, 0.29) is 0 Å². The molecule has 1 atom stereocenters. The van der Waals surface area contributed by atoms with E-state index in [0.717, 1.165) is 18.7 Å². The molecule has 0 fully saturated rings. The van der Waals surface area contributed by atoms with E-state index >= 15 is 0 Å². The number of hydrogen-bond donors (Lipinski definition) is 3. The first-order valence-corrected chi connectivity index (χ1v) is 6.55. The molecule has 3 amide bonds. The molecule has 3 N–H and O–H groups in total. The molecule has 6 nitrogen and oxygen atoms in total. The van der Waals surface area contributed by atoms with Crippen molar-refractivity contribution >= 4 is 11.9 Å². The lowest BCUT2D eigenvalue weighted by atomic mass is 10.2. The normalized spacial score (nSPS) is 11.6. The number of hydrogen-bond acceptors (Lipinski definition) is 4. The van der Waals surface area contributed by atoms with Crippen LogP contribution in [0.25, 0.3) is 0 Å². The molecule has 1 rings (SSSR count). The third-order valence-corrected chi connectivity index (χ3v) is 2.62. The molecule has 0 aliphatic heterocycles. The van der Waals surface area contributed by atoms with Gasteiger partial charge in [-0.25, -0.2) is 4.79 Å². The van der Waals surface area contributed by atoms with E-state index in [1.165, 1.54) is 7.05 Å². The topological polar surface area (TPSA) is 79.5 Å². The Kier molecular flexibility index (Phi) is 6.52. The van der Waals surface area contributed by atoms with Gasteiger partial charge < -0.3 is 15.4 Å². The van der Waals surface area contributed by atoms with E-state index in [0.29, 0.717) is 5.75 Å². The molecule has 0 saturated heterocycles. The van der Waals surface area contributed by atoms with Crippen molar-refractivity contribution in [2.24, 2.45) is 0 Å². The molecule has 0 aromatic heterocycles. The van der Waals surface area contributed by atoms with Gasteiger partial charge in [-0.1, -0.05) is 19.1 Å². The Morgan fingerprint density at radius 2 is 2.10 bits per heavy atom. The molecule has 0 aliphatic carbocycles. The Bertz CT molecular complexity index is 463. The van der Waals surface area contributed by atoms with Crippen molar-refractivity contribution in [1.82, 2.24) is 16.0 Å². The quantitative estimate of drug-likeness (QED) is 0.726. The molecule has 0 spiro atoms. The molecule has 0 aliphatic rings. The van der Waals surface area contributed by atoms with E-state index in [4.69, 9.17) is 4.74 Å². The van der Waals surface area contributed by atoms with Gasteiger partial charge in [0.25, 0.3) is 5.91 Å². The minimum Gasteiger partial charge on any atom is -0.481 e. The Morgan fingerprint density at radius 1 is 1.35 bits per heavy atom. The van der Waals surface area contributed by atoms with E-state index in [2.05, 4.69) is 16.0 Å². The highest BCUT2D eigenvalue weighted by atomic mass is 16.5. The van der Waals surface area contributed by atoms with Crippen molar-refractivity contribution < 1.29 is 14.3 Å². The first kappa shape index (κ1) is 16.0. The third-order valence-electron chi connectivity index (χ3n) is 2.62. The summed E-state index contributed by atoms with van der Waals surface area (Å²) < 4.78 is 5.52. The lowest BCUT2D eigenvalue weighted by Crippen LogP contribution is -2.43. The summed E-state index contributed by atoms with van der Waals surface area (Å²) in [6.07, 6.45) is -0.748. The van der Waals surface area contributed by atoms with E-state index < -0.39 is 18.0 Å². The molecular formula is C14H21N3O3. The molecule has 0 radical (unpaired) electrons. The first-order valence-electron chi connectivity index (χ1n) is 6.55. The SMILES string of the molecule is CCNCc1cccc(OC(C)C(=O)NC(=O)NC)c1. The van der Waals surface area contributed by atoms with Crippen molar-refractivity contribution in [3.63, 3.8) is 0 Å². The molecule has 20 heavy (non-hydrogen) atoms. The van der Waals surface area contributed by atoms with Gasteiger partial charge in [0.1, 0.15) is 5.75 Å². The minimum atomic E-state index is -0.748. The van der Waals surface area contributed by atoms with Crippen LogP contribution in [0.2, 0.25) is 0 Å². The Morgan fingerprint density at radius 3 is 2.75 bits per heavy atom. The number of benzene rings is 1. The monoisotopic (exact) mass is 279 g/mol. The third kappa shape index (κ3) is 5.27. The van der Waals surface area contributed by atoms with Gasteiger partial charge in [-0.3, -0.25) is 10.1 Å². The van der Waals surface area contributed by atoms with E-state index in [9.17, 15) is 9.59 Å². The summed E-state index contributed by atoms with van der Waals surface area (Å²) in [5.74, 6) is 0.112. The zero-order valence-corrected chi connectivity index (χ0v) is 12.0. The van der Waals surface area contributed by atoms with Gasteiger partial charge in [-0.15, -0.1) is 0 Å². The number of carbonyl (C=O) groups excluding carboxylic acids is 2. The van der Waals surface area contributed by atoms with Gasteiger partial charge in [0, 0.05) is 13.6 Å². The Balaban J connectivity index is 2.58. The van der Waals surface area contributed by atoms with Crippen molar-refractivity contribution in [1.29, 1.82) is 0 Å². The lowest BCUT2D eigenvalue weighted by Gasteiger charge is -2.14.